The molecular weight excluding hydrogens is 456 g/mol. The van der Waals surface area contributed by atoms with Gasteiger partial charge in [0.2, 0.25) is 0 Å². The van der Waals surface area contributed by atoms with Crippen LogP contribution >= 0.6 is 0 Å². The summed E-state index contributed by atoms with van der Waals surface area (Å²) in [5, 5.41) is 7.69. The molecule has 2 aromatic carbocycles. The lowest BCUT2D eigenvalue weighted by Gasteiger charge is -2.25. The van der Waals surface area contributed by atoms with Gasteiger partial charge in [-0.15, -0.1) is 0 Å². The lowest BCUT2D eigenvalue weighted by atomic mass is 10.1. The Balaban J connectivity index is 1.71. The summed E-state index contributed by atoms with van der Waals surface area (Å²) in [6, 6.07) is 20.4. The Morgan fingerprint density at radius 3 is 2.36 bits per heavy atom. The van der Waals surface area contributed by atoms with Gasteiger partial charge >= 0.3 is 6.09 Å². The van der Waals surface area contributed by atoms with Crippen LogP contribution in [0.5, 0.6) is 0 Å². The third kappa shape index (κ3) is 6.01. The molecule has 0 saturated carbocycles. The minimum Gasteiger partial charge on any atom is -0.444 e. The lowest BCUT2D eigenvalue weighted by molar-refractivity contribution is 0.0477. The number of aryl methyl sites for hydroxylation is 1. The van der Waals surface area contributed by atoms with Crippen molar-refractivity contribution in [2.75, 3.05) is 6.61 Å². The molecule has 188 valence electrons. The van der Waals surface area contributed by atoms with Crippen molar-refractivity contribution in [2.24, 2.45) is 0 Å². The van der Waals surface area contributed by atoms with Crippen LogP contribution in [0.2, 0.25) is 0 Å². The number of hydrogen-bond acceptors (Lipinski definition) is 5. The van der Waals surface area contributed by atoms with Gasteiger partial charge in [-0.3, -0.25) is 9.36 Å². The number of nitrogens with zero attached hydrogens (tertiary/aromatic N) is 3. The van der Waals surface area contributed by atoms with Crippen LogP contribution in [0.3, 0.4) is 0 Å². The third-order valence-electron chi connectivity index (χ3n) is 5.59. The molecule has 8 heteroatoms. The van der Waals surface area contributed by atoms with Crippen molar-refractivity contribution in [1.82, 2.24) is 19.5 Å². The lowest BCUT2D eigenvalue weighted by Crippen LogP contribution is -2.39. The van der Waals surface area contributed by atoms with Gasteiger partial charge in [0.1, 0.15) is 11.1 Å². The van der Waals surface area contributed by atoms with Crippen molar-refractivity contribution >= 4 is 11.6 Å². The predicted octanol–water partition coefficient (Wildman–Crippen LogP) is 4.97. The molecule has 1 N–H and O–H groups in total. The van der Waals surface area contributed by atoms with Crippen molar-refractivity contribution < 1.29 is 14.3 Å². The highest BCUT2D eigenvalue weighted by atomic mass is 16.6. The number of rotatable bonds is 8. The van der Waals surface area contributed by atoms with Gasteiger partial charge in [-0.1, -0.05) is 48.5 Å². The van der Waals surface area contributed by atoms with E-state index >= 15 is 0 Å². The smallest absolute Gasteiger partial charge is 0.408 e. The highest BCUT2D eigenvalue weighted by Gasteiger charge is 2.26. The van der Waals surface area contributed by atoms with Crippen molar-refractivity contribution in [3.05, 3.63) is 100 Å². The molecule has 1 amide bonds. The number of aromatic nitrogens is 3. The number of para-hydroxylation sites is 1. The number of amides is 1. The maximum Gasteiger partial charge on any atom is 0.408 e. The summed E-state index contributed by atoms with van der Waals surface area (Å²) in [7, 11) is 0. The fourth-order valence-electron chi connectivity index (χ4n) is 3.96. The number of benzene rings is 2. The second kappa shape index (κ2) is 10.8. The van der Waals surface area contributed by atoms with E-state index in [1.54, 1.807) is 36.1 Å². The van der Waals surface area contributed by atoms with Gasteiger partial charge in [-0.25, -0.2) is 9.31 Å². The average Bonchev–Trinajstić information content (AvgIpc) is 3.22. The maximum atomic E-state index is 13.7. The van der Waals surface area contributed by atoms with E-state index in [9.17, 15) is 9.59 Å². The summed E-state index contributed by atoms with van der Waals surface area (Å²) in [5.41, 5.74) is 2.14. The normalized spacial score (nSPS) is 12.4. The van der Waals surface area contributed by atoms with E-state index in [4.69, 9.17) is 14.6 Å². The van der Waals surface area contributed by atoms with Crippen LogP contribution in [0.15, 0.2) is 77.7 Å². The number of carbonyl (C=O) groups is 1. The Kier molecular flexibility index (Phi) is 7.55. The van der Waals surface area contributed by atoms with E-state index in [0.29, 0.717) is 36.7 Å². The van der Waals surface area contributed by atoms with Crippen molar-refractivity contribution in [3.63, 3.8) is 0 Å². The zero-order chi connectivity index (χ0) is 25.7. The largest absolute Gasteiger partial charge is 0.444 e. The minimum atomic E-state index is -0.674. The zero-order valence-electron chi connectivity index (χ0n) is 21.1. The number of ether oxygens (including phenoxy) is 2. The van der Waals surface area contributed by atoms with Gasteiger partial charge in [-0.05, 0) is 63.4 Å². The minimum absolute atomic E-state index is 0.213. The molecule has 2 heterocycles. The highest BCUT2D eigenvalue weighted by Crippen LogP contribution is 2.21. The molecule has 36 heavy (non-hydrogen) atoms. The van der Waals surface area contributed by atoms with E-state index in [0.717, 1.165) is 11.1 Å². The molecule has 0 radical (unpaired) electrons. The number of carbonyl (C=O) groups excluding carboxylic acids is 1. The van der Waals surface area contributed by atoms with Gasteiger partial charge in [0, 0.05) is 12.8 Å². The van der Waals surface area contributed by atoms with Crippen LogP contribution in [-0.4, -0.2) is 32.5 Å². The van der Waals surface area contributed by atoms with E-state index in [1.165, 1.54) is 0 Å². The molecule has 0 fully saturated rings. The van der Waals surface area contributed by atoms with Crippen molar-refractivity contribution in [3.8, 4) is 5.69 Å². The Morgan fingerprint density at radius 2 is 1.69 bits per heavy atom. The molecule has 8 nitrogen and oxygen atoms in total. The molecule has 1 atom stereocenters. The molecular formula is C28H32N4O4. The van der Waals surface area contributed by atoms with Crippen LogP contribution in [0, 0.1) is 6.92 Å². The molecule has 0 spiro atoms. The molecule has 0 unspecified atom stereocenters. The fraction of sp³-hybridized carbons (Fsp3) is 0.321. The Bertz CT molecular complexity index is 1370. The molecule has 0 aliphatic rings. The summed E-state index contributed by atoms with van der Waals surface area (Å²) in [6.45, 7) is 8.06. The summed E-state index contributed by atoms with van der Waals surface area (Å²) in [6.07, 6.45) is 1.55. The summed E-state index contributed by atoms with van der Waals surface area (Å²) in [5.74, 6) is 0.392. The third-order valence-corrected chi connectivity index (χ3v) is 5.59. The molecule has 2 aromatic heterocycles. The van der Waals surface area contributed by atoms with Crippen LogP contribution in [0.25, 0.3) is 11.2 Å². The number of alkyl carbamates (subject to hydrolysis) is 1. The number of nitrogens with one attached hydrogen (secondary N) is 1. The van der Waals surface area contributed by atoms with Crippen LogP contribution in [-0.2, 0) is 16.1 Å². The van der Waals surface area contributed by atoms with Crippen LogP contribution in [0.1, 0.15) is 50.2 Å². The molecule has 4 rings (SSSR count). The zero-order valence-corrected chi connectivity index (χ0v) is 21.1. The van der Waals surface area contributed by atoms with Crippen LogP contribution < -0.4 is 10.9 Å². The van der Waals surface area contributed by atoms with Crippen LogP contribution in [0.4, 0.5) is 4.79 Å². The summed E-state index contributed by atoms with van der Waals surface area (Å²) in [4.78, 5) is 26.5. The van der Waals surface area contributed by atoms with Gasteiger partial charge in [0.25, 0.3) is 5.56 Å². The van der Waals surface area contributed by atoms with E-state index in [1.807, 2.05) is 73.7 Å². The molecule has 0 aliphatic carbocycles. The van der Waals surface area contributed by atoms with Crippen molar-refractivity contribution in [1.29, 1.82) is 0 Å². The van der Waals surface area contributed by atoms with Gasteiger partial charge in [-0.2, -0.15) is 5.10 Å². The molecule has 0 saturated heterocycles. The second-order valence-corrected chi connectivity index (χ2v) is 9.65. The highest BCUT2D eigenvalue weighted by molar-refractivity contribution is 5.68. The maximum absolute atomic E-state index is 13.7. The molecule has 4 aromatic rings. The molecule has 0 aliphatic heterocycles. The predicted molar refractivity (Wildman–Crippen MR) is 138 cm³/mol. The standard InChI is InChI=1S/C28H32N4O4/c1-20-15-17-31-24(20)26(33)32(22-13-9-6-10-14-22)25(30-31)23(29-27(34)36-28(2,3)4)16-18-35-19-21-11-7-5-8-12-21/h5-15,17,23H,16,18-19H2,1-4H3,(H,29,34)/t23-/m0/s1. The first kappa shape index (κ1) is 25.2. The van der Waals surface area contributed by atoms with E-state index < -0.39 is 17.7 Å². The monoisotopic (exact) mass is 488 g/mol. The first-order chi connectivity index (χ1) is 17.2. The van der Waals surface area contributed by atoms with E-state index in [2.05, 4.69) is 5.32 Å². The Morgan fingerprint density at radius 1 is 1.03 bits per heavy atom. The second-order valence-electron chi connectivity index (χ2n) is 9.65. The summed E-state index contributed by atoms with van der Waals surface area (Å²) >= 11 is 0. The van der Waals surface area contributed by atoms with Gasteiger partial charge < -0.3 is 14.8 Å². The Hall–Kier alpha value is -3.91. The number of fused-ring (bicyclic) bond motifs is 1. The average molecular weight is 489 g/mol. The quantitative estimate of drug-likeness (QED) is 0.354. The van der Waals surface area contributed by atoms with Gasteiger partial charge in [0.15, 0.2) is 5.82 Å². The topological polar surface area (TPSA) is 86.9 Å². The fourth-order valence-corrected chi connectivity index (χ4v) is 3.96. The first-order valence-electron chi connectivity index (χ1n) is 12.0. The first-order valence-corrected chi connectivity index (χ1v) is 12.0. The summed E-state index contributed by atoms with van der Waals surface area (Å²) < 4.78 is 14.6. The molecule has 0 bridgehead atoms. The van der Waals surface area contributed by atoms with E-state index in [-0.39, 0.29) is 5.56 Å². The van der Waals surface area contributed by atoms with Gasteiger partial charge in [0.05, 0.1) is 18.3 Å². The van der Waals surface area contributed by atoms with Crippen molar-refractivity contribution in [2.45, 2.75) is 52.4 Å². The number of hydrogen-bond donors (Lipinski definition) is 1. The SMILES string of the molecule is Cc1ccn2nc([C@H](CCOCc3ccccc3)NC(=O)OC(C)(C)C)n(-c3ccccc3)c(=O)c12. The Labute approximate surface area is 210 Å².